The van der Waals surface area contributed by atoms with Gasteiger partial charge in [0.2, 0.25) is 0 Å². The Morgan fingerprint density at radius 2 is 1.03 bits per heavy atom. The number of benzene rings is 3. The van der Waals surface area contributed by atoms with Crippen molar-refractivity contribution in [1.82, 2.24) is 0 Å². The molecule has 3 aromatic carbocycles. The lowest BCUT2D eigenvalue weighted by atomic mass is 9.83. The van der Waals surface area contributed by atoms with Gasteiger partial charge in [0.05, 0.1) is 28.4 Å². The van der Waals surface area contributed by atoms with Crippen LogP contribution in [0.3, 0.4) is 0 Å². The first-order chi connectivity index (χ1) is 14.0. The number of rotatable bonds is 7. The molecule has 0 spiro atoms. The van der Waals surface area contributed by atoms with E-state index in [9.17, 15) is 0 Å². The van der Waals surface area contributed by atoms with E-state index in [-0.39, 0.29) is 5.92 Å². The van der Waals surface area contributed by atoms with Gasteiger partial charge in [0.25, 0.3) is 0 Å². The molecule has 3 aromatic rings. The molecule has 29 heavy (non-hydrogen) atoms. The molecule has 0 aliphatic carbocycles. The molecule has 1 radical (unpaired) electrons. The second-order valence-corrected chi connectivity index (χ2v) is 6.90. The fraction of sp³-hybridized carbons (Fsp3) is 0.280. The molecule has 0 saturated carbocycles. The third-order valence-corrected chi connectivity index (χ3v) is 5.19. The molecule has 151 valence electrons. The maximum Gasteiger partial charge on any atom is 0.127 e. The van der Waals surface area contributed by atoms with Crippen LogP contribution >= 0.6 is 0 Å². The van der Waals surface area contributed by atoms with Crippen molar-refractivity contribution in [3.8, 4) is 23.0 Å². The minimum atomic E-state index is -0.0938. The summed E-state index contributed by atoms with van der Waals surface area (Å²) in [7, 11) is 6.71. The molecule has 0 unspecified atom stereocenters. The monoisotopic (exact) mass is 391 g/mol. The molecular formula is C25H27O4. The average molecular weight is 391 g/mol. The fourth-order valence-corrected chi connectivity index (χ4v) is 3.78. The summed E-state index contributed by atoms with van der Waals surface area (Å²) in [5.41, 5.74) is 5.34. The summed E-state index contributed by atoms with van der Waals surface area (Å²) < 4.78 is 22.3. The Labute approximate surface area is 173 Å². The molecule has 4 nitrogen and oxygen atoms in total. The van der Waals surface area contributed by atoms with Crippen molar-refractivity contribution in [2.45, 2.75) is 19.8 Å². The standard InChI is InChI=1S/C25H27O4/c1-16-14-18(10-12-20(16)26-3)24(19-11-13-21(27-4)17(2)15-19)25-22(28-5)8-7-9-23(25)29-6/h8-15,24H,1-6H3. The van der Waals surface area contributed by atoms with Gasteiger partial charge in [0, 0.05) is 11.5 Å². The molecule has 0 N–H and O–H groups in total. The van der Waals surface area contributed by atoms with Crippen LogP contribution in [0.5, 0.6) is 23.0 Å². The van der Waals surface area contributed by atoms with Crippen molar-refractivity contribution >= 4 is 0 Å². The van der Waals surface area contributed by atoms with E-state index in [1.54, 1.807) is 28.4 Å². The zero-order chi connectivity index (χ0) is 21.0. The Balaban J connectivity index is 2.29. The fourth-order valence-electron chi connectivity index (χ4n) is 3.78. The van der Waals surface area contributed by atoms with Crippen molar-refractivity contribution in [3.05, 3.63) is 82.4 Å². The molecule has 0 aliphatic rings. The van der Waals surface area contributed by atoms with Gasteiger partial charge >= 0.3 is 0 Å². The van der Waals surface area contributed by atoms with E-state index in [0.717, 1.165) is 50.8 Å². The predicted octanol–water partition coefficient (Wildman–Crippen LogP) is 5.32. The van der Waals surface area contributed by atoms with E-state index < -0.39 is 0 Å². The van der Waals surface area contributed by atoms with E-state index in [1.807, 2.05) is 38.1 Å². The lowest BCUT2D eigenvalue weighted by Gasteiger charge is -2.24. The van der Waals surface area contributed by atoms with Gasteiger partial charge in [-0.25, -0.2) is 0 Å². The van der Waals surface area contributed by atoms with Crippen LogP contribution in [0.25, 0.3) is 0 Å². The van der Waals surface area contributed by atoms with Gasteiger partial charge in [0.1, 0.15) is 23.0 Å². The molecule has 0 bridgehead atoms. The van der Waals surface area contributed by atoms with E-state index >= 15 is 0 Å². The lowest BCUT2D eigenvalue weighted by Crippen LogP contribution is -2.09. The van der Waals surface area contributed by atoms with Crippen LogP contribution in [0.1, 0.15) is 33.7 Å². The third-order valence-electron chi connectivity index (χ3n) is 5.19. The highest BCUT2D eigenvalue weighted by atomic mass is 16.5. The first-order valence-electron chi connectivity index (χ1n) is 9.45. The van der Waals surface area contributed by atoms with Gasteiger partial charge in [-0.3, -0.25) is 0 Å². The number of hydrogen-bond donors (Lipinski definition) is 0. The Morgan fingerprint density at radius 1 is 0.621 bits per heavy atom. The Morgan fingerprint density at radius 3 is 1.38 bits per heavy atom. The highest BCUT2D eigenvalue weighted by molar-refractivity contribution is 5.57. The van der Waals surface area contributed by atoms with Crippen molar-refractivity contribution in [2.24, 2.45) is 0 Å². The number of ether oxygens (including phenoxy) is 4. The smallest absolute Gasteiger partial charge is 0.127 e. The van der Waals surface area contributed by atoms with Crippen molar-refractivity contribution in [1.29, 1.82) is 0 Å². The van der Waals surface area contributed by atoms with E-state index in [1.165, 1.54) is 0 Å². The van der Waals surface area contributed by atoms with Gasteiger partial charge in [-0.2, -0.15) is 0 Å². The zero-order valence-corrected chi connectivity index (χ0v) is 17.8. The van der Waals surface area contributed by atoms with E-state index in [4.69, 9.17) is 18.9 Å². The topological polar surface area (TPSA) is 36.9 Å². The molecular weight excluding hydrogens is 364 g/mol. The van der Waals surface area contributed by atoms with Crippen LogP contribution in [0.15, 0.2) is 48.5 Å². The van der Waals surface area contributed by atoms with Crippen LogP contribution in [0, 0.1) is 19.9 Å². The number of methoxy groups -OCH3 is 4. The molecule has 0 heterocycles. The Bertz CT molecular complexity index is 918. The van der Waals surface area contributed by atoms with Crippen LogP contribution in [-0.4, -0.2) is 28.4 Å². The summed E-state index contributed by atoms with van der Waals surface area (Å²) in [6.45, 7) is 4.10. The van der Waals surface area contributed by atoms with Crippen molar-refractivity contribution < 1.29 is 18.9 Å². The first kappa shape index (κ1) is 20.6. The third kappa shape index (κ3) is 4.02. The maximum absolute atomic E-state index is 5.70. The minimum absolute atomic E-state index is 0.0938. The molecule has 0 aliphatic heterocycles. The minimum Gasteiger partial charge on any atom is -0.496 e. The van der Waals surface area contributed by atoms with Gasteiger partial charge in [-0.05, 0) is 66.4 Å². The molecule has 0 amide bonds. The summed E-state index contributed by atoms with van der Waals surface area (Å²) in [6, 6.07) is 19.3. The SMILES string of the molecule is COc1ccc(C(c2ccc(OC)c(C)c2)c2c(OC)c[c]cc2OC)cc1C. The molecule has 4 heteroatoms. The molecule has 3 rings (SSSR count). The average Bonchev–Trinajstić information content (AvgIpc) is 2.74. The molecule has 0 aromatic heterocycles. The number of hydrogen-bond acceptors (Lipinski definition) is 4. The first-order valence-corrected chi connectivity index (χ1v) is 9.45. The quantitative estimate of drug-likeness (QED) is 0.511. The summed E-state index contributed by atoms with van der Waals surface area (Å²) in [4.78, 5) is 0. The van der Waals surface area contributed by atoms with Crippen molar-refractivity contribution in [2.75, 3.05) is 28.4 Å². The lowest BCUT2D eigenvalue weighted by molar-refractivity contribution is 0.384. The molecule has 0 atom stereocenters. The second-order valence-electron chi connectivity index (χ2n) is 6.90. The largest absolute Gasteiger partial charge is 0.496 e. The molecule has 0 saturated heterocycles. The van der Waals surface area contributed by atoms with Crippen LogP contribution in [-0.2, 0) is 0 Å². The van der Waals surface area contributed by atoms with Gasteiger partial charge in [-0.15, -0.1) is 0 Å². The maximum atomic E-state index is 5.70. The van der Waals surface area contributed by atoms with Crippen LogP contribution in [0.2, 0.25) is 0 Å². The van der Waals surface area contributed by atoms with Crippen LogP contribution in [0.4, 0.5) is 0 Å². The predicted molar refractivity (Wildman–Crippen MR) is 115 cm³/mol. The number of aryl methyl sites for hydroxylation is 2. The normalized spacial score (nSPS) is 10.7. The summed E-state index contributed by atoms with van der Waals surface area (Å²) in [5.74, 6) is 3.09. The Hall–Kier alpha value is -3.14. The van der Waals surface area contributed by atoms with E-state index in [2.05, 4.69) is 30.3 Å². The molecule has 0 fully saturated rings. The summed E-state index contributed by atoms with van der Waals surface area (Å²) >= 11 is 0. The van der Waals surface area contributed by atoms with E-state index in [0.29, 0.717) is 0 Å². The van der Waals surface area contributed by atoms with Crippen molar-refractivity contribution in [3.63, 3.8) is 0 Å². The van der Waals surface area contributed by atoms with Crippen LogP contribution < -0.4 is 18.9 Å². The summed E-state index contributed by atoms with van der Waals surface area (Å²) in [6.07, 6.45) is 0. The van der Waals surface area contributed by atoms with Gasteiger partial charge in [-0.1, -0.05) is 24.3 Å². The zero-order valence-electron chi connectivity index (χ0n) is 17.8. The highest BCUT2D eigenvalue weighted by Crippen LogP contribution is 2.44. The van der Waals surface area contributed by atoms with Gasteiger partial charge < -0.3 is 18.9 Å². The summed E-state index contributed by atoms with van der Waals surface area (Å²) in [5, 5.41) is 0. The highest BCUT2D eigenvalue weighted by Gasteiger charge is 2.25. The van der Waals surface area contributed by atoms with Gasteiger partial charge in [0.15, 0.2) is 0 Å². The Kier molecular flexibility index (Phi) is 6.32. The second kappa shape index (κ2) is 8.91.